The van der Waals surface area contributed by atoms with Crippen molar-refractivity contribution in [3.8, 4) is 0 Å². The van der Waals surface area contributed by atoms with Crippen molar-refractivity contribution in [1.82, 2.24) is 9.21 Å². The smallest absolute Gasteiger partial charge is 0.337 e. The normalized spacial score (nSPS) is 14.9. The molecule has 1 fully saturated rings. The van der Waals surface area contributed by atoms with Gasteiger partial charge in [0.25, 0.3) is 0 Å². The number of piperazine rings is 1. The number of benzene rings is 2. The first-order valence-corrected chi connectivity index (χ1v) is 15.9. The number of hydrogen-bond donors (Lipinski definition) is 0. The van der Waals surface area contributed by atoms with Gasteiger partial charge in [-0.2, -0.15) is 4.31 Å². The Labute approximate surface area is 222 Å². The van der Waals surface area contributed by atoms with Gasteiger partial charge < -0.3 is 9.64 Å². The van der Waals surface area contributed by atoms with Crippen LogP contribution in [0.4, 0.5) is 5.69 Å². The molecule has 0 aliphatic carbocycles. The van der Waals surface area contributed by atoms with E-state index < -0.39 is 26.0 Å². The van der Waals surface area contributed by atoms with Gasteiger partial charge in [0.2, 0.25) is 20.0 Å². The van der Waals surface area contributed by atoms with Crippen molar-refractivity contribution in [1.29, 1.82) is 0 Å². The highest BCUT2D eigenvalue weighted by atomic mass is 32.2. The Kier molecular flexibility index (Phi) is 12.0. The first-order valence-electron chi connectivity index (χ1n) is 12.4. The van der Waals surface area contributed by atoms with Crippen LogP contribution in [0.2, 0.25) is 0 Å². The van der Waals surface area contributed by atoms with Gasteiger partial charge in [0.15, 0.2) is 0 Å². The standard InChI is InChI=1S/C23H31N3O6S2.C3H8/c1-32-23(27)21-11-9-20(10-12-21)19-26(22-7-4-3-5-8-22)34(30,31)18-6-13-24-14-16-25(17-15-24)33(2,28)29;1-3-2/h3-5,7-12H,6,13-19H2,1-2H3;3H2,1-2H3. The summed E-state index contributed by atoms with van der Waals surface area (Å²) in [7, 11) is -5.52. The molecule has 2 aromatic carbocycles. The highest BCUT2D eigenvalue weighted by Crippen LogP contribution is 2.22. The number of ether oxygens (including phenoxy) is 1. The van der Waals surface area contributed by atoms with Crippen LogP contribution in [-0.4, -0.2) is 83.9 Å². The molecule has 0 atom stereocenters. The number of nitrogens with zero attached hydrogens (tertiary/aromatic N) is 3. The van der Waals surface area contributed by atoms with E-state index in [9.17, 15) is 21.6 Å². The van der Waals surface area contributed by atoms with E-state index in [4.69, 9.17) is 4.74 Å². The largest absolute Gasteiger partial charge is 0.465 e. The van der Waals surface area contributed by atoms with E-state index in [1.807, 2.05) is 6.07 Å². The van der Waals surface area contributed by atoms with E-state index in [-0.39, 0.29) is 12.3 Å². The minimum atomic E-state index is -3.63. The minimum Gasteiger partial charge on any atom is -0.465 e. The summed E-state index contributed by atoms with van der Waals surface area (Å²) in [6, 6.07) is 15.6. The van der Waals surface area contributed by atoms with Crippen molar-refractivity contribution in [3.63, 3.8) is 0 Å². The van der Waals surface area contributed by atoms with Crippen LogP contribution in [-0.2, 0) is 31.3 Å². The third-order valence-corrected chi connectivity index (χ3v) is 8.88. The Morgan fingerprint density at radius 1 is 0.919 bits per heavy atom. The maximum absolute atomic E-state index is 13.3. The second kappa shape index (κ2) is 14.5. The van der Waals surface area contributed by atoms with E-state index in [1.165, 1.54) is 28.4 Å². The van der Waals surface area contributed by atoms with Gasteiger partial charge in [0, 0.05) is 26.2 Å². The second-order valence-corrected chi connectivity index (χ2v) is 12.9. The molecule has 206 valence electrons. The van der Waals surface area contributed by atoms with E-state index in [1.54, 1.807) is 48.5 Å². The van der Waals surface area contributed by atoms with Crippen LogP contribution in [0.25, 0.3) is 0 Å². The van der Waals surface area contributed by atoms with Crippen LogP contribution < -0.4 is 4.31 Å². The summed E-state index contributed by atoms with van der Waals surface area (Å²) >= 11 is 0. The van der Waals surface area contributed by atoms with Crippen LogP contribution >= 0.6 is 0 Å². The molecule has 2 aromatic rings. The van der Waals surface area contributed by atoms with Crippen LogP contribution in [0.3, 0.4) is 0 Å². The van der Waals surface area contributed by atoms with Crippen molar-refractivity contribution in [3.05, 3.63) is 65.7 Å². The molecule has 0 N–H and O–H groups in total. The Balaban J connectivity index is 0.00000153. The fraction of sp³-hybridized carbons (Fsp3) is 0.500. The highest BCUT2D eigenvalue weighted by Gasteiger charge is 2.25. The van der Waals surface area contributed by atoms with Crippen LogP contribution in [0.1, 0.15) is 42.6 Å². The van der Waals surface area contributed by atoms with Crippen molar-refractivity contribution in [2.24, 2.45) is 0 Å². The molecule has 9 nitrogen and oxygen atoms in total. The zero-order chi connectivity index (χ0) is 27.5. The Morgan fingerprint density at radius 2 is 1.49 bits per heavy atom. The maximum atomic E-state index is 13.3. The van der Waals surface area contributed by atoms with Gasteiger partial charge >= 0.3 is 5.97 Å². The highest BCUT2D eigenvalue weighted by molar-refractivity contribution is 7.92. The predicted octanol–water partition coefficient (Wildman–Crippen LogP) is 3.19. The number of esters is 1. The van der Waals surface area contributed by atoms with Gasteiger partial charge in [-0.1, -0.05) is 50.6 Å². The van der Waals surface area contributed by atoms with E-state index in [0.717, 1.165) is 5.56 Å². The molecule has 3 rings (SSSR count). The lowest BCUT2D eigenvalue weighted by Gasteiger charge is -2.33. The molecule has 1 aliphatic rings. The second-order valence-electron chi connectivity index (χ2n) is 8.91. The van der Waals surface area contributed by atoms with Crippen molar-refractivity contribution >= 4 is 31.7 Å². The number of para-hydroxylation sites is 1. The van der Waals surface area contributed by atoms with Crippen LogP contribution in [0.5, 0.6) is 0 Å². The van der Waals surface area contributed by atoms with Crippen molar-refractivity contribution in [2.75, 3.05) is 56.1 Å². The lowest BCUT2D eigenvalue weighted by atomic mass is 10.1. The van der Waals surface area contributed by atoms with Crippen molar-refractivity contribution in [2.45, 2.75) is 33.2 Å². The van der Waals surface area contributed by atoms with E-state index in [2.05, 4.69) is 18.7 Å². The molecule has 1 saturated heterocycles. The van der Waals surface area contributed by atoms with E-state index in [0.29, 0.717) is 50.4 Å². The summed E-state index contributed by atoms with van der Waals surface area (Å²) in [5, 5.41) is 0. The van der Waals surface area contributed by atoms with Crippen molar-refractivity contribution < 1.29 is 26.4 Å². The summed E-state index contributed by atoms with van der Waals surface area (Å²) in [5.74, 6) is -0.481. The van der Waals surface area contributed by atoms with E-state index >= 15 is 0 Å². The fourth-order valence-electron chi connectivity index (χ4n) is 3.84. The summed E-state index contributed by atoms with van der Waals surface area (Å²) in [6.45, 7) is 6.98. The van der Waals surface area contributed by atoms with Gasteiger partial charge in [-0.15, -0.1) is 0 Å². The van der Waals surface area contributed by atoms with Gasteiger partial charge in [-0.05, 0) is 42.8 Å². The Morgan fingerprint density at radius 3 is 2.00 bits per heavy atom. The summed E-state index contributed by atoms with van der Waals surface area (Å²) in [6.07, 6.45) is 2.89. The molecule has 37 heavy (non-hydrogen) atoms. The topological polar surface area (TPSA) is 104 Å². The van der Waals surface area contributed by atoms with Gasteiger partial charge in [0.05, 0.1) is 36.9 Å². The average molecular weight is 554 g/mol. The molecular weight excluding hydrogens is 514 g/mol. The molecule has 0 unspecified atom stereocenters. The molecule has 1 heterocycles. The summed E-state index contributed by atoms with van der Waals surface area (Å²) in [5.41, 5.74) is 1.72. The SMILES string of the molecule is CCC.COC(=O)c1ccc(CN(c2ccccc2)S(=O)(=O)CCCN2CCN(S(C)(=O)=O)CC2)cc1. The molecule has 1 aliphatic heterocycles. The van der Waals surface area contributed by atoms with Crippen LogP contribution in [0.15, 0.2) is 54.6 Å². The zero-order valence-corrected chi connectivity index (χ0v) is 23.8. The third-order valence-electron chi connectivity index (χ3n) is 5.76. The number of carbonyl (C=O) groups is 1. The fourth-order valence-corrected chi connectivity index (χ4v) is 6.17. The predicted molar refractivity (Wildman–Crippen MR) is 148 cm³/mol. The van der Waals surface area contributed by atoms with Gasteiger partial charge in [-0.25, -0.2) is 21.6 Å². The molecule has 0 amide bonds. The van der Waals surface area contributed by atoms with Gasteiger partial charge in [0.1, 0.15) is 0 Å². The monoisotopic (exact) mass is 553 g/mol. The number of rotatable bonds is 10. The third kappa shape index (κ3) is 9.73. The molecule has 0 bridgehead atoms. The minimum absolute atomic E-state index is 0.0333. The average Bonchev–Trinajstić information content (AvgIpc) is 2.88. The molecule has 0 spiro atoms. The molecular formula is C26H39N3O6S2. The molecule has 0 radical (unpaired) electrons. The first kappa shape index (κ1) is 30.8. The number of hydrogen-bond acceptors (Lipinski definition) is 7. The number of methoxy groups -OCH3 is 1. The number of carbonyl (C=O) groups excluding carboxylic acids is 1. The molecule has 11 heteroatoms. The quantitative estimate of drug-likeness (QED) is 0.416. The lowest BCUT2D eigenvalue weighted by Crippen LogP contribution is -2.48. The summed E-state index contributed by atoms with van der Waals surface area (Å²) < 4.78 is 57.5. The number of anilines is 1. The maximum Gasteiger partial charge on any atom is 0.337 e. The Bertz CT molecular complexity index is 1180. The Hall–Kier alpha value is -2.47. The lowest BCUT2D eigenvalue weighted by molar-refractivity contribution is 0.0600. The summed E-state index contributed by atoms with van der Waals surface area (Å²) in [4.78, 5) is 13.8. The zero-order valence-electron chi connectivity index (χ0n) is 22.2. The molecule has 0 aromatic heterocycles. The molecule has 0 saturated carbocycles. The first-order chi connectivity index (χ1) is 17.5. The van der Waals surface area contributed by atoms with Gasteiger partial charge in [-0.3, -0.25) is 4.31 Å². The van der Waals surface area contributed by atoms with Crippen LogP contribution in [0, 0.1) is 0 Å². The number of sulfonamides is 2.